The molecule has 1 aliphatic heterocycles. The molecule has 6 nitrogen and oxygen atoms in total. The molecule has 0 spiro atoms. The van der Waals surface area contributed by atoms with Crippen LogP contribution in [-0.2, 0) is 6.54 Å². The molecule has 186 valence electrons. The first-order valence-corrected chi connectivity index (χ1v) is 13.4. The summed E-state index contributed by atoms with van der Waals surface area (Å²) in [5, 5.41) is 5.00. The monoisotopic (exact) mass is 537 g/mol. The van der Waals surface area contributed by atoms with Gasteiger partial charge in [0.1, 0.15) is 5.82 Å². The van der Waals surface area contributed by atoms with Gasteiger partial charge in [-0.3, -0.25) is 4.79 Å². The number of likely N-dealkylation sites (N-methyl/N-ethyl adjacent to an activating group) is 1. The minimum Gasteiger partial charge on any atom is -0.354 e. The Hall–Kier alpha value is -2.64. The molecular weight excluding hydrogens is 502 g/mol. The molecule has 1 atom stereocenters. The second kappa shape index (κ2) is 11.4. The fourth-order valence-electron chi connectivity index (χ4n) is 4.69. The number of carbonyl (C=O) groups is 1. The number of hydrogen-bond acceptors (Lipinski definition) is 4. The summed E-state index contributed by atoms with van der Waals surface area (Å²) in [5.74, 6) is 1.16. The molecule has 1 aliphatic rings. The molecule has 2 aromatic carbocycles. The Morgan fingerprint density at radius 3 is 2.40 bits per heavy atom. The molecule has 0 N–H and O–H groups in total. The minimum absolute atomic E-state index is 0.0502. The molecule has 7 heteroatoms. The van der Waals surface area contributed by atoms with Crippen molar-refractivity contribution in [2.75, 3.05) is 37.6 Å². The van der Waals surface area contributed by atoms with Crippen molar-refractivity contribution in [2.24, 2.45) is 0 Å². The van der Waals surface area contributed by atoms with Gasteiger partial charge in [-0.25, -0.2) is 4.68 Å². The molecular formula is C28H36BrN5O. The van der Waals surface area contributed by atoms with Crippen molar-refractivity contribution in [3.63, 3.8) is 0 Å². The second-order valence-corrected chi connectivity index (χ2v) is 10.2. The predicted octanol–water partition coefficient (Wildman–Crippen LogP) is 5.53. The van der Waals surface area contributed by atoms with E-state index >= 15 is 0 Å². The first-order valence-electron chi connectivity index (χ1n) is 12.6. The Labute approximate surface area is 217 Å². The van der Waals surface area contributed by atoms with Crippen LogP contribution in [0.15, 0.2) is 59.1 Å². The highest BCUT2D eigenvalue weighted by atomic mass is 79.9. The quantitative estimate of drug-likeness (QED) is 0.379. The fourth-order valence-corrected chi connectivity index (χ4v) is 5.09. The van der Waals surface area contributed by atoms with Crippen LogP contribution in [0.5, 0.6) is 0 Å². The summed E-state index contributed by atoms with van der Waals surface area (Å²) < 4.78 is 2.99. The molecule has 3 aromatic rings. The third-order valence-corrected chi connectivity index (χ3v) is 7.55. The van der Waals surface area contributed by atoms with E-state index in [-0.39, 0.29) is 11.9 Å². The molecule has 1 amide bonds. The van der Waals surface area contributed by atoms with Crippen molar-refractivity contribution >= 4 is 27.7 Å². The average Bonchev–Trinajstić information content (AvgIpc) is 3.22. The van der Waals surface area contributed by atoms with Crippen LogP contribution in [0.2, 0.25) is 0 Å². The van der Waals surface area contributed by atoms with Gasteiger partial charge in [-0.05, 0) is 57.1 Å². The lowest BCUT2D eigenvalue weighted by atomic mass is 10.1. The van der Waals surface area contributed by atoms with Gasteiger partial charge in [0.15, 0.2) is 0 Å². The van der Waals surface area contributed by atoms with E-state index < -0.39 is 0 Å². The molecule has 35 heavy (non-hydrogen) atoms. The summed E-state index contributed by atoms with van der Waals surface area (Å²) in [6.45, 7) is 14.1. The zero-order valence-corrected chi connectivity index (χ0v) is 22.8. The van der Waals surface area contributed by atoms with E-state index in [1.54, 1.807) is 0 Å². The first-order chi connectivity index (χ1) is 16.9. The van der Waals surface area contributed by atoms with Gasteiger partial charge in [-0.1, -0.05) is 54.0 Å². The Morgan fingerprint density at radius 1 is 1.06 bits per heavy atom. The SMILES string of the molecule is CCC(C)N(Cc1c(C)nn(-c2ccccc2)c1N1CCN(CC)CC1)C(=O)c1cccc(Br)c1. The van der Waals surface area contributed by atoms with Gasteiger partial charge in [-0.15, -0.1) is 0 Å². The van der Waals surface area contributed by atoms with Crippen LogP contribution in [0.4, 0.5) is 5.82 Å². The standard InChI is InChI=1S/C28H36BrN5O/c1-5-21(3)33(28(35)23-11-10-12-24(29)19-23)20-26-22(4)30-34(25-13-8-7-9-14-25)27(26)32-17-15-31(6-2)16-18-32/h7-14,19,21H,5-6,15-18,20H2,1-4H3. The molecule has 4 rings (SSSR count). The van der Waals surface area contributed by atoms with E-state index in [1.807, 2.05) is 47.4 Å². The van der Waals surface area contributed by atoms with Crippen LogP contribution in [-0.4, -0.2) is 64.3 Å². The van der Waals surface area contributed by atoms with Crippen molar-refractivity contribution in [3.05, 3.63) is 75.9 Å². The Morgan fingerprint density at radius 2 is 1.77 bits per heavy atom. The van der Waals surface area contributed by atoms with E-state index in [0.717, 1.165) is 66.4 Å². The van der Waals surface area contributed by atoms with Gasteiger partial charge in [0, 0.05) is 47.8 Å². The number of hydrogen-bond donors (Lipinski definition) is 0. The van der Waals surface area contributed by atoms with Crippen LogP contribution in [0.25, 0.3) is 5.69 Å². The zero-order chi connectivity index (χ0) is 24.9. The fraction of sp³-hybridized carbons (Fsp3) is 0.429. The van der Waals surface area contributed by atoms with Gasteiger partial charge in [0.25, 0.3) is 5.91 Å². The van der Waals surface area contributed by atoms with E-state index in [9.17, 15) is 4.79 Å². The number of aromatic nitrogens is 2. The number of halogens is 1. The van der Waals surface area contributed by atoms with Crippen LogP contribution in [0, 0.1) is 6.92 Å². The Kier molecular flexibility index (Phi) is 8.29. The number of nitrogens with zero attached hydrogens (tertiary/aromatic N) is 5. The second-order valence-electron chi connectivity index (χ2n) is 9.26. The Bertz CT molecular complexity index is 1140. The molecule has 1 fully saturated rings. The lowest BCUT2D eigenvalue weighted by Crippen LogP contribution is -2.47. The number of rotatable bonds is 8. The molecule has 0 bridgehead atoms. The number of benzene rings is 2. The zero-order valence-electron chi connectivity index (χ0n) is 21.2. The summed E-state index contributed by atoms with van der Waals surface area (Å²) in [7, 11) is 0. The Balaban J connectivity index is 1.75. The molecule has 1 aromatic heterocycles. The third kappa shape index (κ3) is 5.62. The average molecular weight is 539 g/mol. The molecule has 0 aliphatic carbocycles. The van der Waals surface area contributed by atoms with Crippen molar-refractivity contribution in [3.8, 4) is 5.69 Å². The van der Waals surface area contributed by atoms with Crippen molar-refractivity contribution < 1.29 is 4.79 Å². The van der Waals surface area contributed by atoms with Crippen LogP contribution in [0.1, 0.15) is 48.8 Å². The van der Waals surface area contributed by atoms with Gasteiger partial charge in [-0.2, -0.15) is 5.10 Å². The number of carbonyl (C=O) groups excluding carboxylic acids is 1. The van der Waals surface area contributed by atoms with Gasteiger partial charge in [0.05, 0.1) is 17.9 Å². The largest absolute Gasteiger partial charge is 0.354 e. The van der Waals surface area contributed by atoms with Crippen LogP contribution >= 0.6 is 15.9 Å². The van der Waals surface area contributed by atoms with Crippen molar-refractivity contribution in [1.29, 1.82) is 0 Å². The summed E-state index contributed by atoms with van der Waals surface area (Å²) in [6, 6.07) is 18.1. The van der Waals surface area contributed by atoms with Gasteiger partial charge < -0.3 is 14.7 Å². The van der Waals surface area contributed by atoms with E-state index in [1.165, 1.54) is 0 Å². The lowest BCUT2D eigenvalue weighted by Gasteiger charge is -2.37. The summed E-state index contributed by atoms with van der Waals surface area (Å²) in [5.41, 5.74) is 3.84. The van der Waals surface area contributed by atoms with Crippen LogP contribution < -0.4 is 4.90 Å². The molecule has 0 radical (unpaired) electrons. The van der Waals surface area contributed by atoms with Crippen LogP contribution in [0.3, 0.4) is 0 Å². The maximum atomic E-state index is 13.7. The highest BCUT2D eigenvalue weighted by molar-refractivity contribution is 9.10. The normalized spacial score (nSPS) is 15.3. The molecule has 0 saturated carbocycles. The summed E-state index contributed by atoms with van der Waals surface area (Å²) in [4.78, 5) is 20.7. The minimum atomic E-state index is 0.0502. The first kappa shape index (κ1) is 25.5. The van der Waals surface area contributed by atoms with Crippen molar-refractivity contribution in [1.82, 2.24) is 19.6 Å². The highest BCUT2D eigenvalue weighted by Gasteiger charge is 2.29. The number of piperazine rings is 1. The van der Waals surface area contributed by atoms with E-state index in [0.29, 0.717) is 12.1 Å². The van der Waals surface area contributed by atoms with Gasteiger partial charge in [0.2, 0.25) is 0 Å². The van der Waals surface area contributed by atoms with Gasteiger partial charge >= 0.3 is 0 Å². The topological polar surface area (TPSA) is 44.6 Å². The third-order valence-electron chi connectivity index (χ3n) is 7.06. The molecule has 1 unspecified atom stereocenters. The highest BCUT2D eigenvalue weighted by Crippen LogP contribution is 2.31. The van der Waals surface area contributed by atoms with Crippen molar-refractivity contribution in [2.45, 2.75) is 46.7 Å². The summed E-state index contributed by atoms with van der Waals surface area (Å²) >= 11 is 3.52. The summed E-state index contributed by atoms with van der Waals surface area (Å²) in [6.07, 6.45) is 0.885. The number of anilines is 1. The molecule has 2 heterocycles. The predicted molar refractivity (Wildman–Crippen MR) is 146 cm³/mol. The lowest BCUT2D eigenvalue weighted by molar-refractivity contribution is 0.0671. The van der Waals surface area contributed by atoms with E-state index in [2.05, 4.69) is 70.2 Å². The van der Waals surface area contributed by atoms with E-state index in [4.69, 9.17) is 5.10 Å². The number of aryl methyl sites for hydroxylation is 1. The maximum absolute atomic E-state index is 13.7. The number of para-hydroxylation sites is 1. The maximum Gasteiger partial charge on any atom is 0.254 e. The number of amides is 1. The molecule has 1 saturated heterocycles. The smallest absolute Gasteiger partial charge is 0.254 e.